The Morgan fingerprint density at radius 1 is 1.13 bits per heavy atom. The Kier molecular flexibility index (Phi) is 5.00. The summed E-state index contributed by atoms with van der Waals surface area (Å²) in [6.45, 7) is -0.474. The molecular weight excluding hydrogens is 314 g/mol. The van der Waals surface area contributed by atoms with Gasteiger partial charge in [-0.25, -0.2) is 4.39 Å². The summed E-state index contributed by atoms with van der Waals surface area (Å²) in [6.07, 6.45) is -6.23. The third-order valence-corrected chi connectivity index (χ3v) is 3.19. The molecule has 122 valence electrons. The summed E-state index contributed by atoms with van der Waals surface area (Å²) in [5.41, 5.74) is -1.13. The van der Waals surface area contributed by atoms with Crippen LogP contribution in [0.3, 0.4) is 0 Å². The Bertz CT molecular complexity index is 686. The molecule has 0 heterocycles. The van der Waals surface area contributed by atoms with Gasteiger partial charge in [-0.05, 0) is 23.3 Å². The van der Waals surface area contributed by atoms with Crippen LogP contribution in [0, 0.1) is 5.82 Å². The molecule has 3 nitrogen and oxygen atoms in total. The molecule has 0 fully saturated rings. The SMILES string of the molecule is O=C(NCc1ccc(F)cc1C(F)(F)F)C(O)c1ccccc1. The predicted octanol–water partition coefficient (Wildman–Crippen LogP) is 3.19. The van der Waals surface area contributed by atoms with Gasteiger partial charge in [0.25, 0.3) is 5.91 Å². The number of nitrogens with one attached hydrogen (secondary N) is 1. The van der Waals surface area contributed by atoms with Crippen molar-refractivity contribution in [1.82, 2.24) is 5.32 Å². The summed E-state index contributed by atoms with van der Waals surface area (Å²) in [6, 6.07) is 10.2. The molecule has 1 unspecified atom stereocenters. The largest absolute Gasteiger partial charge is 0.416 e. The van der Waals surface area contributed by atoms with Gasteiger partial charge in [0, 0.05) is 6.54 Å². The van der Waals surface area contributed by atoms with E-state index in [1.807, 2.05) is 0 Å². The van der Waals surface area contributed by atoms with E-state index in [2.05, 4.69) is 5.32 Å². The van der Waals surface area contributed by atoms with E-state index >= 15 is 0 Å². The first-order valence-electron chi connectivity index (χ1n) is 6.65. The van der Waals surface area contributed by atoms with E-state index in [1.165, 1.54) is 12.1 Å². The van der Waals surface area contributed by atoms with Gasteiger partial charge in [-0.3, -0.25) is 4.79 Å². The van der Waals surface area contributed by atoms with Crippen molar-refractivity contribution in [3.63, 3.8) is 0 Å². The van der Waals surface area contributed by atoms with Gasteiger partial charge in [-0.15, -0.1) is 0 Å². The lowest BCUT2D eigenvalue weighted by Gasteiger charge is -2.15. The quantitative estimate of drug-likeness (QED) is 0.848. The lowest BCUT2D eigenvalue weighted by molar-refractivity contribution is -0.139. The number of alkyl halides is 3. The van der Waals surface area contributed by atoms with Crippen molar-refractivity contribution in [2.75, 3.05) is 0 Å². The minimum absolute atomic E-state index is 0.285. The molecule has 2 N–H and O–H groups in total. The van der Waals surface area contributed by atoms with Crippen LogP contribution in [0.1, 0.15) is 22.8 Å². The lowest BCUT2D eigenvalue weighted by Crippen LogP contribution is -2.29. The normalized spacial score (nSPS) is 12.7. The Morgan fingerprint density at radius 3 is 2.39 bits per heavy atom. The van der Waals surface area contributed by atoms with Gasteiger partial charge in [0.2, 0.25) is 0 Å². The number of hydrogen-bond donors (Lipinski definition) is 2. The smallest absolute Gasteiger partial charge is 0.378 e. The van der Waals surface area contributed by atoms with Gasteiger partial charge >= 0.3 is 6.18 Å². The maximum atomic E-state index is 13.0. The maximum Gasteiger partial charge on any atom is 0.416 e. The van der Waals surface area contributed by atoms with Gasteiger partial charge in [0.1, 0.15) is 5.82 Å². The third kappa shape index (κ3) is 4.29. The van der Waals surface area contributed by atoms with Crippen LogP contribution in [0.5, 0.6) is 0 Å². The van der Waals surface area contributed by atoms with Crippen molar-refractivity contribution in [2.24, 2.45) is 0 Å². The number of amides is 1. The minimum Gasteiger partial charge on any atom is -0.378 e. The first kappa shape index (κ1) is 17.0. The van der Waals surface area contributed by atoms with E-state index in [9.17, 15) is 27.5 Å². The first-order valence-corrected chi connectivity index (χ1v) is 6.65. The molecule has 23 heavy (non-hydrogen) atoms. The summed E-state index contributed by atoms with van der Waals surface area (Å²) >= 11 is 0. The number of carbonyl (C=O) groups is 1. The van der Waals surface area contributed by atoms with Crippen molar-refractivity contribution in [2.45, 2.75) is 18.8 Å². The zero-order valence-corrected chi connectivity index (χ0v) is 11.8. The second-order valence-corrected chi connectivity index (χ2v) is 4.83. The minimum atomic E-state index is -4.74. The summed E-state index contributed by atoms with van der Waals surface area (Å²) in [5, 5.41) is 12.1. The summed E-state index contributed by atoms with van der Waals surface area (Å²) in [5.74, 6) is -1.86. The first-order chi connectivity index (χ1) is 10.8. The zero-order valence-electron chi connectivity index (χ0n) is 11.8. The second-order valence-electron chi connectivity index (χ2n) is 4.83. The molecule has 0 aliphatic heterocycles. The van der Waals surface area contributed by atoms with Gasteiger partial charge in [-0.2, -0.15) is 13.2 Å². The second kappa shape index (κ2) is 6.78. The molecule has 2 aromatic rings. The van der Waals surface area contributed by atoms with E-state index in [4.69, 9.17) is 0 Å². The Morgan fingerprint density at radius 2 is 1.78 bits per heavy atom. The van der Waals surface area contributed by atoms with Crippen LogP contribution in [0.25, 0.3) is 0 Å². The molecule has 0 aliphatic rings. The van der Waals surface area contributed by atoms with Crippen LogP contribution >= 0.6 is 0 Å². The van der Waals surface area contributed by atoms with E-state index in [0.717, 1.165) is 12.1 Å². The zero-order chi connectivity index (χ0) is 17.0. The highest BCUT2D eigenvalue weighted by Crippen LogP contribution is 2.32. The van der Waals surface area contributed by atoms with Crippen LogP contribution in [0.15, 0.2) is 48.5 Å². The third-order valence-electron chi connectivity index (χ3n) is 3.19. The van der Waals surface area contributed by atoms with E-state index in [0.29, 0.717) is 11.6 Å². The van der Waals surface area contributed by atoms with E-state index < -0.39 is 36.1 Å². The number of carbonyl (C=O) groups excluding carboxylic acids is 1. The molecule has 0 radical (unpaired) electrons. The molecule has 1 amide bonds. The molecular formula is C16H13F4NO2. The lowest BCUT2D eigenvalue weighted by atomic mass is 10.1. The average Bonchev–Trinajstić information content (AvgIpc) is 2.52. The molecule has 1 atom stereocenters. The molecule has 0 spiro atoms. The van der Waals surface area contributed by atoms with Crippen molar-refractivity contribution in [1.29, 1.82) is 0 Å². The van der Waals surface area contributed by atoms with Crippen molar-refractivity contribution < 1.29 is 27.5 Å². The van der Waals surface area contributed by atoms with Crippen molar-refractivity contribution in [3.05, 3.63) is 71.0 Å². The Balaban J connectivity index is 2.11. The van der Waals surface area contributed by atoms with Crippen LogP contribution in [-0.4, -0.2) is 11.0 Å². The number of aliphatic hydroxyl groups excluding tert-OH is 1. The molecule has 0 aromatic heterocycles. The molecule has 2 aromatic carbocycles. The summed E-state index contributed by atoms with van der Waals surface area (Å²) in [7, 11) is 0. The van der Waals surface area contributed by atoms with E-state index in [1.54, 1.807) is 18.2 Å². The van der Waals surface area contributed by atoms with Gasteiger partial charge in [0.05, 0.1) is 5.56 Å². The fourth-order valence-electron chi connectivity index (χ4n) is 2.03. The summed E-state index contributed by atoms with van der Waals surface area (Å²) < 4.78 is 51.5. The molecule has 0 aliphatic carbocycles. The van der Waals surface area contributed by atoms with Crippen LogP contribution in [0.2, 0.25) is 0 Å². The van der Waals surface area contributed by atoms with Crippen LogP contribution in [0.4, 0.5) is 17.6 Å². The number of hydrogen-bond acceptors (Lipinski definition) is 2. The maximum absolute atomic E-state index is 13.0. The molecule has 7 heteroatoms. The predicted molar refractivity (Wildman–Crippen MR) is 74.7 cm³/mol. The topological polar surface area (TPSA) is 49.3 Å². The van der Waals surface area contributed by atoms with Crippen molar-refractivity contribution >= 4 is 5.91 Å². The standard InChI is InChI=1S/C16H13F4NO2/c17-12-7-6-11(13(8-12)16(18,19)20)9-21-15(23)14(22)10-4-2-1-3-5-10/h1-8,14,22H,9H2,(H,21,23). The molecule has 2 rings (SSSR count). The fraction of sp³-hybridized carbons (Fsp3) is 0.188. The highest BCUT2D eigenvalue weighted by molar-refractivity contribution is 5.81. The van der Waals surface area contributed by atoms with Gasteiger partial charge < -0.3 is 10.4 Å². The highest BCUT2D eigenvalue weighted by atomic mass is 19.4. The Labute approximate surface area is 129 Å². The molecule has 0 bridgehead atoms. The van der Waals surface area contributed by atoms with Crippen molar-refractivity contribution in [3.8, 4) is 0 Å². The number of benzene rings is 2. The highest BCUT2D eigenvalue weighted by Gasteiger charge is 2.33. The van der Waals surface area contributed by atoms with Gasteiger partial charge in [-0.1, -0.05) is 36.4 Å². The number of aliphatic hydroxyl groups is 1. The summed E-state index contributed by atoms with van der Waals surface area (Å²) in [4.78, 5) is 11.8. The van der Waals surface area contributed by atoms with Gasteiger partial charge in [0.15, 0.2) is 6.10 Å². The molecule has 0 saturated carbocycles. The van der Waals surface area contributed by atoms with Crippen LogP contribution in [-0.2, 0) is 17.5 Å². The van der Waals surface area contributed by atoms with E-state index in [-0.39, 0.29) is 5.56 Å². The average molecular weight is 327 g/mol. The monoisotopic (exact) mass is 327 g/mol. The van der Waals surface area contributed by atoms with Crippen LogP contribution < -0.4 is 5.32 Å². The number of rotatable bonds is 4. The fourth-order valence-corrected chi connectivity index (χ4v) is 2.03. The number of halogens is 4. The molecule has 0 saturated heterocycles. The Hall–Kier alpha value is -2.41.